The molecule has 0 saturated heterocycles. The van der Waals surface area contributed by atoms with Crippen LogP contribution in [0.15, 0.2) is 42.5 Å². The molecule has 2 aromatic rings. The van der Waals surface area contributed by atoms with Gasteiger partial charge in [-0.1, -0.05) is 30.3 Å². The van der Waals surface area contributed by atoms with E-state index in [1.165, 1.54) is 23.3 Å². The summed E-state index contributed by atoms with van der Waals surface area (Å²) in [5.41, 5.74) is 9.53. The van der Waals surface area contributed by atoms with E-state index in [9.17, 15) is 4.39 Å². The fraction of sp³-hybridized carbons (Fsp3) is 0.294. The van der Waals surface area contributed by atoms with Crippen molar-refractivity contribution >= 4 is 0 Å². The summed E-state index contributed by atoms with van der Waals surface area (Å²) in [5.74, 6) is 0.333. The van der Waals surface area contributed by atoms with Crippen molar-refractivity contribution < 1.29 is 9.13 Å². The molecule has 2 aromatic carbocycles. The maximum Gasteiger partial charge on any atom is 0.127 e. The maximum absolute atomic E-state index is 13.4. The predicted octanol–water partition coefficient (Wildman–Crippen LogP) is 3.15. The SMILES string of the molecule is N[C@H]1CC2(Cc3ccccc3C2)Oc2cc(F)ccc21. The van der Waals surface area contributed by atoms with Crippen LogP contribution < -0.4 is 10.5 Å². The first-order valence-electron chi connectivity index (χ1n) is 6.96. The van der Waals surface area contributed by atoms with Gasteiger partial charge in [-0.2, -0.15) is 0 Å². The van der Waals surface area contributed by atoms with Crippen LogP contribution in [0.2, 0.25) is 0 Å². The Morgan fingerprint density at radius 1 is 1.10 bits per heavy atom. The Balaban J connectivity index is 1.74. The largest absolute Gasteiger partial charge is 0.486 e. The molecule has 1 aliphatic carbocycles. The van der Waals surface area contributed by atoms with Gasteiger partial charge < -0.3 is 10.5 Å². The van der Waals surface area contributed by atoms with Crippen molar-refractivity contribution in [3.63, 3.8) is 0 Å². The molecule has 102 valence electrons. The lowest BCUT2D eigenvalue weighted by atomic mass is 9.85. The Kier molecular flexibility index (Phi) is 2.42. The molecule has 0 saturated carbocycles. The zero-order chi connectivity index (χ0) is 13.7. The van der Waals surface area contributed by atoms with E-state index in [2.05, 4.69) is 12.1 Å². The zero-order valence-electron chi connectivity index (χ0n) is 11.1. The molecule has 4 rings (SSSR count). The summed E-state index contributed by atoms with van der Waals surface area (Å²) in [6, 6.07) is 12.9. The van der Waals surface area contributed by atoms with Crippen molar-refractivity contribution in [2.24, 2.45) is 5.73 Å². The Morgan fingerprint density at radius 2 is 1.80 bits per heavy atom. The van der Waals surface area contributed by atoms with E-state index >= 15 is 0 Å². The third-order valence-corrected chi connectivity index (χ3v) is 4.44. The van der Waals surface area contributed by atoms with Gasteiger partial charge in [0.1, 0.15) is 17.2 Å². The first kappa shape index (κ1) is 11.9. The fourth-order valence-corrected chi connectivity index (χ4v) is 3.56. The second-order valence-corrected chi connectivity index (χ2v) is 5.90. The van der Waals surface area contributed by atoms with Crippen molar-refractivity contribution in [2.45, 2.75) is 30.9 Å². The van der Waals surface area contributed by atoms with E-state index in [-0.39, 0.29) is 17.5 Å². The first-order valence-corrected chi connectivity index (χ1v) is 6.96. The van der Waals surface area contributed by atoms with Crippen molar-refractivity contribution in [1.82, 2.24) is 0 Å². The molecule has 0 fully saturated rings. The van der Waals surface area contributed by atoms with E-state index in [1.54, 1.807) is 6.07 Å². The van der Waals surface area contributed by atoms with Gasteiger partial charge in [0.25, 0.3) is 0 Å². The highest BCUT2D eigenvalue weighted by molar-refractivity contribution is 5.43. The second-order valence-electron chi connectivity index (χ2n) is 5.90. The van der Waals surface area contributed by atoms with Crippen LogP contribution >= 0.6 is 0 Å². The molecule has 2 nitrogen and oxygen atoms in total. The van der Waals surface area contributed by atoms with Crippen molar-refractivity contribution in [3.8, 4) is 5.75 Å². The molecule has 1 heterocycles. The highest BCUT2D eigenvalue weighted by Gasteiger charge is 2.44. The van der Waals surface area contributed by atoms with E-state index in [0.29, 0.717) is 5.75 Å². The van der Waals surface area contributed by atoms with Crippen LogP contribution in [-0.4, -0.2) is 5.60 Å². The van der Waals surface area contributed by atoms with Gasteiger partial charge in [-0.15, -0.1) is 0 Å². The lowest BCUT2D eigenvalue weighted by Crippen LogP contribution is -2.43. The average molecular weight is 269 g/mol. The molecule has 2 N–H and O–H groups in total. The zero-order valence-corrected chi connectivity index (χ0v) is 11.1. The third-order valence-electron chi connectivity index (χ3n) is 4.44. The van der Waals surface area contributed by atoms with Gasteiger partial charge in [-0.25, -0.2) is 4.39 Å². The summed E-state index contributed by atoms with van der Waals surface area (Å²) in [4.78, 5) is 0. The fourth-order valence-electron chi connectivity index (χ4n) is 3.56. The molecule has 20 heavy (non-hydrogen) atoms. The van der Waals surface area contributed by atoms with E-state index < -0.39 is 0 Å². The Morgan fingerprint density at radius 3 is 2.50 bits per heavy atom. The molecule has 0 aromatic heterocycles. The minimum Gasteiger partial charge on any atom is -0.486 e. The highest BCUT2D eigenvalue weighted by atomic mass is 19.1. The van der Waals surface area contributed by atoms with E-state index in [0.717, 1.165) is 24.8 Å². The van der Waals surface area contributed by atoms with Crippen LogP contribution in [0.25, 0.3) is 0 Å². The molecule has 0 unspecified atom stereocenters. The smallest absolute Gasteiger partial charge is 0.127 e. The average Bonchev–Trinajstić information content (AvgIpc) is 2.74. The summed E-state index contributed by atoms with van der Waals surface area (Å²) >= 11 is 0. The molecular formula is C17H16FNO. The van der Waals surface area contributed by atoms with Crippen LogP contribution in [0, 0.1) is 5.82 Å². The lowest BCUT2D eigenvalue weighted by molar-refractivity contribution is 0.0456. The standard InChI is InChI=1S/C17H16FNO/c18-13-5-6-14-15(19)10-17(20-16(14)7-13)8-11-3-1-2-4-12(11)9-17/h1-7,15H,8-10,19H2/t15-/m0/s1. The van der Waals surface area contributed by atoms with Crippen LogP contribution in [0.5, 0.6) is 5.75 Å². The van der Waals surface area contributed by atoms with Crippen molar-refractivity contribution in [1.29, 1.82) is 0 Å². The second kappa shape index (κ2) is 4.06. The normalized spacial score (nSPS) is 22.2. The molecule has 2 aliphatic rings. The monoisotopic (exact) mass is 269 g/mol. The van der Waals surface area contributed by atoms with Crippen LogP contribution in [0.3, 0.4) is 0 Å². The number of nitrogens with two attached hydrogens (primary N) is 1. The van der Waals surface area contributed by atoms with Crippen molar-refractivity contribution in [2.75, 3.05) is 0 Å². The molecule has 0 bridgehead atoms. The molecule has 0 amide bonds. The van der Waals surface area contributed by atoms with Crippen LogP contribution in [0.4, 0.5) is 4.39 Å². The van der Waals surface area contributed by atoms with Crippen molar-refractivity contribution in [3.05, 3.63) is 65.0 Å². The maximum atomic E-state index is 13.4. The molecule has 1 spiro atoms. The van der Waals surface area contributed by atoms with Gasteiger partial charge in [-0.3, -0.25) is 0 Å². The molecule has 1 atom stereocenters. The first-order chi connectivity index (χ1) is 9.65. The van der Waals surface area contributed by atoms with Gasteiger partial charge in [0.05, 0.1) is 0 Å². The Labute approximate surface area is 117 Å². The number of ether oxygens (including phenoxy) is 1. The quantitative estimate of drug-likeness (QED) is 0.797. The number of hydrogen-bond donors (Lipinski definition) is 1. The van der Waals surface area contributed by atoms with Gasteiger partial charge in [-0.05, 0) is 17.2 Å². The topological polar surface area (TPSA) is 35.2 Å². The van der Waals surface area contributed by atoms with E-state index in [1.807, 2.05) is 12.1 Å². The van der Waals surface area contributed by atoms with Crippen LogP contribution in [0.1, 0.15) is 29.2 Å². The Bertz CT molecular complexity index is 657. The van der Waals surface area contributed by atoms with Gasteiger partial charge in [0.2, 0.25) is 0 Å². The third kappa shape index (κ3) is 1.74. The summed E-state index contributed by atoms with van der Waals surface area (Å²) in [5, 5.41) is 0. The lowest BCUT2D eigenvalue weighted by Gasteiger charge is -2.38. The number of hydrogen-bond acceptors (Lipinski definition) is 2. The van der Waals surface area contributed by atoms with Gasteiger partial charge >= 0.3 is 0 Å². The molecule has 0 radical (unpaired) electrons. The number of halogens is 1. The molecular weight excluding hydrogens is 253 g/mol. The highest BCUT2D eigenvalue weighted by Crippen LogP contribution is 2.45. The summed E-state index contributed by atoms with van der Waals surface area (Å²) in [6.45, 7) is 0. The number of fused-ring (bicyclic) bond motifs is 2. The molecule has 3 heteroatoms. The number of rotatable bonds is 0. The molecule has 1 aliphatic heterocycles. The predicted molar refractivity (Wildman–Crippen MR) is 75.2 cm³/mol. The summed E-state index contributed by atoms with van der Waals surface area (Å²) in [7, 11) is 0. The van der Waals surface area contributed by atoms with Crippen LogP contribution in [-0.2, 0) is 12.8 Å². The summed E-state index contributed by atoms with van der Waals surface area (Å²) in [6.07, 6.45) is 2.49. The summed E-state index contributed by atoms with van der Waals surface area (Å²) < 4.78 is 19.6. The van der Waals surface area contributed by atoms with E-state index in [4.69, 9.17) is 10.5 Å². The number of benzene rings is 2. The van der Waals surface area contributed by atoms with Gasteiger partial charge in [0, 0.05) is 36.9 Å². The Hall–Kier alpha value is -1.87. The minimum absolute atomic E-state index is 0.0892. The van der Waals surface area contributed by atoms with Gasteiger partial charge in [0.15, 0.2) is 0 Å². The minimum atomic E-state index is -0.302.